The smallest absolute Gasteiger partial charge is 0.338 e. The van der Waals surface area contributed by atoms with Gasteiger partial charge < -0.3 is 10.1 Å². The predicted octanol–water partition coefficient (Wildman–Crippen LogP) is 4.17. The zero-order chi connectivity index (χ0) is 16.8. The maximum Gasteiger partial charge on any atom is 0.338 e. The normalized spacial score (nSPS) is 14.3. The third kappa shape index (κ3) is 4.22. The quantitative estimate of drug-likeness (QED) is 0.840. The minimum atomic E-state index is -0.393. The number of esters is 1. The fraction of sp³-hybridized carbons (Fsp3) is 0.300. The van der Waals surface area contributed by atoms with E-state index < -0.39 is 5.97 Å². The van der Waals surface area contributed by atoms with Crippen LogP contribution < -0.4 is 5.32 Å². The van der Waals surface area contributed by atoms with Crippen LogP contribution in [0, 0.1) is 5.92 Å². The summed E-state index contributed by atoms with van der Waals surface area (Å²) in [6.45, 7) is 0.234. The molecule has 1 aliphatic rings. The number of hydrogen-bond donors (Lipinski definition) is 1. The van der Waals surface area contributed by atoms with Gasteiger partial charge in [0.25, 0.3) is 0 Å². The summed E-state index contributed by atoms with van der Waals surface area (Å²) < 4.78 is 5.32. The van der Waals surface area contributed by atoms with Crippen LogP contribution in [0.25, 0.3) is 0 Å². The lowest BCUT2D eigenvalue weighted by molar-refractivity contribution is -0.119. The number of hydrogen-bond acceptors (Lipinski definition) is 3. The van der Waals surface area contributed by atoms with Crippen molar-refractivity contribution in [1.82, 2.24) is 0 Å². The van der Waals surface area contributed by atoms with E-state index in [1.807, 2.05) is 30.3 Å². The topological polar surface area (TPSA) is 55.4 Å². The number of amides is 1. The SMILES string of the molecule is O=C(OCc1ccccc1)c1cccc(NC(=O)C2CCCC2)c1. The third-order valence-corrected chi connectivity index (χ3v) is 4.30. The summed E-state index contributed by atoms with van der Waals surface area (Å²) in [4.78, 5) is 24.4. The molecule has 0 radical (unpaired) electrons. The van der Waals surface area contributed by atoms with Gasteiger partial charge in [-0.05, 0) is 36.6 Å². The molecule has 1 fully saturated rings. The molecule has 2 aromatic rings. The highest BCUT2D eigenvalue weighted by atomic mass is 16.5. The van der Waals surface area contributed by atoms with Crippen LogP contribution in [-0.2, 0) is 16.1 Å². The summed E-state index contributed by atoms with van der Waals surface area (Å²) in [5.41, 5.74) is 2.02. The van der Waals surface area contributed by atoms with E-state index in [0.717, 1.165) is 31.2 Å². The average Bonchev–Trinajstić information content (AvgIpc) is 3.15. The number of rotatable bonds is 5. The zero-order valence-electron chi connectivity index (χ0n) is 13.5. The Labute approximate surface area is 141 Å². The van der Waals surface area contributed by atoms with Crippen LogP contribution in [-0.4, -0.2) is 11.9 Å². The number of carbonyl (C=O) groups is 2. The summed E-state index contributed by atoms with van der Waals surface area (Å²) in [7, 11) is 0. The number of ether oxygens (including phenoxy) is 1. The standard InChI is InChI=1S/C20H21NO3/c22-19(16-9-4-5-10-16)21-18-12-6-11-17(13-18)20(23)24-14-15-7-2-1-3-8-15/h1-3,6-8,11-13,16H,4-5,9-10,14H2,(H,21,22). The summed E-state index contributed by atoms with van der Waals surface area (Å²) >= 11 is 0. The lowest BCUT2D eigenvalue weighted by Crippen LogP contribution is -2.20. The van der Waals surface area contributed by atoms with Gasteiger partial charge in [0.15, 0.2) is 0 Å². The van der Waals surface area contributed by atoms with Crippen LogP contribution in [0.2, 0.25) is 0 Å². The van der Waals surface area contributed by atoms with Crippen LogP contribution in [0.5, 0.6) is 0 Å². The van der Waals surface area contributed by atoms with Crippen LogP contribution >= 0.6 is 0 Å². The van der Waals surface area contributed by atoms with Crippen LogP contribution in [0.3, 0.4) is 0 Å². The third-order valence-electron chi connectivity index (χ3n) is 4.30. The Balaban J connectivity index is 1.59. The molecule has 0 spiro atoms. The molecule has 1 saturated carbocycles. The Morgan fingerprint density at radius 1 is 1.00 bits per heavy atom. The molecule has 2 aromatic carbocycles. The Morgan fingerprint density at radius 3 is 2.50 bits per heavy atom. The summed E-state index contributed by atoms with van der Waals surface area (Å²) in [5, 5.41) is 2.91. The van der Waals surface area contributed by atoms with E-state index in [2.05, 4.69) is 5.32 Å². The molecule has 3 rings (SSSR count). The summed E-state index contributed by atoms with van der Waals surface area (Å²) in [6, 6.07) is 16.5. The van der Waals surface area contributed by atoms with Gasteiger partial charge in [0.2, 0.25) is 5.91 Å². The van der Waals surface area contributed by atoms with E-state index >= 15 is 0 Å². The maximum atomic E-state index is 12.2. The van der Waals surface area contributed by atoms with Crippen molar-refractivity contribution < 1.29 is 14.3 Å². The Kier molecular flexibility index (Phi) is 5.26. The highest BCUT2D eigenvalue weighted by molar-refractivity contribution is 5.95. The Bertz CT molecular complexity index is 706. The van der Waals surface area contributed by atoms with Crippen molar-refractivity contribution in [1.29, 1.82) is 0 Å². The van der Waals surface area contributed by atoms with Gasteiger partial charge in [-0.15, -0.1) is 0 Å². The molecule has 0 heterocycles. The van der Waals surface area contributed by atoms with E-state index in [9.17, 15) is 9.59 Å². The summed E-state index contributed by atoms with van der Waals surface area (Å²) in [5.74, 6) is -0.253. The highest BCUT2D eigenvalue weighted by Gasteiger charge is 2.22. The molecule has 0 bridgehead atoms. The van der Waals surface area contributed by atoms with Gasteiger partial charge in [-0.25, -0.2) is 4.79 Å². The van der Waals surface area contributed by atoms with Crippen LogP contribution in [0.15, 0.2) is 54.6 Å². The Morgan fingerprint density at radius 2 is 1.75 bits per heavy atom. The molecule has 1 aliphatic carbocycles. The van der Waals surface area contributed by atoms with E-state index in [4.69, 9.17) is 4.74 Å². The van der Waals surface area contributed by atoms with Gasteiger partial charge in [-0.3, -0.25) is 4.79 Å². The average molecular weight is 323 g/mol. The lowest BCUT2D eigenvalue weighted by Gasteiger charge is -2.11. The number of nitrogens with one attached hydrogen (secondary N) is 1. The molecule has 124 valence electrons. The van der Waals surface area contributed by atoms with Crippen molar-refractivity contribution in [2.75, 3.05) is 5.32 Å². The largest absolute Gasteiger partial charge is 0.457 e. The van der Waals surface area contributed by atoms with Crippen molar-refractivity contribution in [2.45, 2.75) is 32.3 Å². The van der Waals surface area contributed by atoms with Gasteiger partial charge >= 0.3 is 5.97 Å². The van der Waals surface area contributed by atoms with Crippen LogP contribution in [0.4, 0.5) is 5.69 Å². The van der Waals surface area contributed by atoms with Crippen molar-refractivity contribution in [2.24, 2.45) is 5.92 Å². The molecule has 4 heteroatoms. The van der Waals surface area contributed by atoms with Gasteiger partial charge in [0.1, 0.15) is 6.61 Å². The molecule has 0 saturated heterocycles. The van der Waals surface area contributed by atoms with Gasteiger partial charge in [-0.2, -0.15) is 0 Å². The van der Waals surface area contributed by atoms with Gasteiger partial charge in [0, 0.05) is 11.6 Å². The first-order chi connectivity index (χ1) is 11.7. The van der Waals surface area contributed by atoms with E-state index in [-0.39, 0.29) is 18.4 Å². The molecular weight excluding hydrogens is 302 g/mol. The summed E-state index contributed by atoms with van der Waals surface area (Å²) in [6.07, 6.45) is 4.13. The molecule has 4 nitrogen and oxygen atoms in total. The van der Waals surface area contributed by atoms with Crippen molar-refractivity contribution in [3.8, 4) is 0 Å². The first kappa shape index (κ1) is 16.2. The van der Waals surface area contributed by atoms with E-state index in [1.54, 1.807) is 24.3 Å². The second-order valence-corrected chi connectivity index (χ2v) is 6.11. The lowest BCUT2D eigenvalue weighted by atomic mass is 10.1. The fourth-order valence-electron chi connectivity index (χ4n) is 2.96. The highest BCUT2D eigenvalue weighted by Crippen LogP contribution is 2.26. The molecule has 0 atom stereocenters. The second kappa shape index (κ2) is 7.77. The molecule has 0 unspecified atom stereocenters. The van der Waals surface area contributed by atoms with Crippen molar-refractivity contribution >= 4 is 17.6 Å². The monoisotopic (exact) mass is 323 g/mol. The molecule has 0 aliphatic heterocycles. The molecular formula is C20H21NO3. The van der Waals surface area contributed by atoms with Gasteiger partial charge in [0.05, 0.1) is 5.56 Å². The first-order valence-electron chi connectivity index (χ1n) is 8.34. The van der Waals surface area contributed by atoms with Gasteiger partial charge in [-0.1, -0.05) is 49.2 Å². The minimum Gasteiger partial charge on any atom is -0.457 e. The van der Waals surface area contributed by atoms with Crippen molar-refractivity contribution in [3.63, 3.8) is 0 Å². The first-order valence-corrected chi connectivity index (χ1v) is 8.34. The fourth-order valence-corrected chi connectivity index (χ4v) is 2.96. The number of benzene rings is 2. The minimum absolute atomic E-state index is 0.0438. The van der Waals surface area contributed by atoms with E-state index in [0.29, 0.717) is 11.3 Å². The maximum absolute atomic E-state index is 12.2. The molecule has 1 amide bonds. The number of anilines is 1. The second-order valence-electron chi connectivity index (χ2n) is 6.11. The van der Waals surface area contributed by atoms with E-state index in [1.165, 1.54) is 0 Å². The molecule has 24 heavy (non-hydrogen) atoms. The number of carbonyl (C=O) groups excluding carboxylic acids is 2. The van der Waals surface area contributed by atoms with Crippen LogP contribution in [0.1, 0.15) is 41.6 Å². The van der Waals surface area contributed by atoms with Crippen molar-refractivity contribution in [3.05, 3.63) is 65.7 Å². The molecule has 0 aromatic heterocycles. The zero-order valence-corrected chi connectivity index (χ0v) is 13.5. The Hall–Kier alpha value is -2.62. The predicted molar refractivity (Wildman–Crippen MR) is 92.6 cm³/mol. The molecule has 1 N–H and O–H groups in total.